The topological polar surface area (TPSA) is 41.0 Å². The quantitative estimate of drug-likeness (QED) is 0.798. The highest BCUT2D eigenvalue weighted by atomic mass is 15.2. The molecule has 0 aliphatic carbocycles. The largest absolute Gasteiger partial charge is 0.365 e. The number of anilines is 1. The molecule has 0 spiro atoms. The minimum atomic E-state index is 0.385. The van der Waals surface area contributed by atoms with Crippen LogP contribution in [0, 0.1) is 6.92 Å². The van der Waals surface area contributed by atoms with Crippen molar-refractivity contribution in [2.24, 2.45) is 0 Å². The smallest absolute Gasteiger partial charge is 0.149 e. The van der Waals surface area contributed by atoms with Crippen LogP contribution < -0.4 is 5.32 Å². The molecule has 1 rings (SSSR count). The number of hydrogen-bond donors (Lipinski definition) is 1. The fourth-order valence-electron chi connectivity index (χ4n) is 1.70. The van der Waals surface area contributed by atoms with Crippen molar-refractivity contribution >= 4 is 5.82 Å². The Morgan fingerprint density at radius 3 is 2.62 bits per heavy atom. The molecular formula is C12H22N4. The third kappa shape index (κ3) is 4.14. The number of hydrogen-bond acceptors (Lipinski definition) is 4. The van der Waals surface area contributed by atoms with Crippen molar-refractivity contribution in [2.45, 2.75) is 33.7 Å². The fraction of sp³-hybridized carbons (Fsp3) is 0.667. The average molecular weight is 222 g/mol. The van der Waals surface area contributed by atoms with E-state index in [1.807, 2.05) is 13.0 Å². The lowest BCUT2D eigenvalue weighted by Crippen LogP contribution is -2.35. The molecule has 0 radical (unpaired) electrons. The first-order valence-electron chi connectivity index (χ1n) is 5.94. The molecule has 0 aliphatic heterocycles. The molecule has 0 fully saturated rings. The van der Waals surface area contributed by atoms with Crippen molar-refractivity contribution in [1.29, 1.82) is 0 Å². The molecule has 4 nitrogen and oxygen atoms in total. The van der Waals surface area contributed by atoms with Crippen molar-refractivity contribution in [1.82, 2.24) is 15.1 Å². The van der Waals surface area contributed by atoms with Gasteiger partial charge in [-0.3, -0.25) is 0 Å². The number of rotatable bonds is 6. The van der Waals surface area contributed by atoms with E-state index >= 15 is 0 Å². The Morgan fingerprint density at radius 1 is 1.38 bits per heavy atom. The maximum Gasteiger partial charge on any atom is 0.149 e. The lowest BCUT2D eigenvalue weighted by atomic mass is 10.3. The maximum absolute atomic E-state index is 4.06. The third-order valence-electron chi connectivity index (χ3n) is 2.61. The number of nitrogens with one attached hydrogen (secondary N) is 1. The Balaban J connectivity index is 2.47. The van der Waals surface area contributed by atoms with Gasteiger partial charge in [0, 0.05) is 12.6 Å². The van der Waals surface area contributed by atoms with Gasteiger partial charge in [-0.15, -0.1) is 5.10 Å². The van der Waals surface area contributed by atoms with Gasteiger partial charge in [-0.1, -0.05) is 13.8 Å². The van der Waals surface area contributed by atoms with Crippen molar-refractivity contribution in [3.05, 3.63) is 17.8 Å². The highest BCUT2D eigenvalue weighted by molar-refractivity contribution is 5.35. The number of aryl methyl sites for hydroxylation is 1. The van der Waals surface area contributed by atoms with Crippen LogP contribution in [-0.2, 0) is 0 Å². The summed E-state index contributed by atoms with van der Waals surface area (Å²) in [6, 6.07) is 2.40. The van der Waals surface area contributed by atoms with Crippen LogP contribution in [0.25, 0.3) is 0 Å². The van der Waals surface area contributed by atoms with E-state index in [-0.39, 0.29) is 0 Å². The van der Waals surface area contributed by atoms with Gasteiger partial charge in [-0.2, -0.15) is 5.10 Å². The molecule has 0 bridgehead atoms. The van der Waals surface area contributed by atoms with E-state index in [4.69, 9.17) is 0 Å². The molecule has 0 saturated heterocycles. The zero-order valence-electron chi connectivity index (χ0n) is 10.7. The lowest BCUT2D eigenvalue weighted by Gasteiger charge is -2.23. The second-order valence-electron chi connectivity index (χ2n) is 4.15. The molecule has 1 heterocycles. The predicted octanol–water partition coefficient (Wildman–Crippen LogP) is 1.93. The van der Waals surface area contributed by atoms with Gasteiger partial charge in [0.2, 0.25) is 0 Å². The van der Waals surface area contributed by atoms with Crippen molar-refractivity contribution in [3.63, 3.8) is 0 Å². The first-order valence-corrected chi connectivity index (χ1v) is 5.94. The van der Waals surface area contributed by atoms with Crippen molar-refractivity contribution < 1.29 is 0 Å². The summed E-state index contributed by atoms with van der Waals surface area (Å²) in [5.74, 6) is 0.861. The Labute approximate surface area is 98.1 Å². The summed E-state index contributed by atoms with van der Waals surface area (Å²) in [5, 5.41) is 11.4. The normalized spacial score (nSPS) is 12.8. The highest BCUT2D eigenvalue weighted by Crippen LogP contribution is 2.05. The Kier molecular flexibility index (Phi) is 5.19. The number of nitrogens with zero attached hydrogens (tertiary/aromatic N) is 3. The Hall–Kier alpha value is -1.16. The van der Waals surface area contributed by atoms with Gasteiger partial charge in [0.05, 0.1) is 6.20 Å². The van der Waals surface area contributed by atoms with E-state index in [1.54, 1.807) is 6.20 Å². The molecule has 0 aliphatic rings. The second kappa shape index (κ2) is 6.43. The first-order chi connectivity index (χ1) is 7.65. The Morgan fingerprint density at radius 2 is 2.06 bits per heavy atom. The summed E-state index contributed by atoms with van der Waals surface area (Å²) in [6.45, 7) is 11.8. The van der Waals surface area contributed by atoms with E-state index in [9.17, 15) is 0 Å². The molecule has 16 heavy (non-hydrogen) atoms. The SMILES string of the molecule is CCN(CC)CC(C)Nc1cc(C)cnn1. The summed E-state index contributed by atoms with van der Waals surface area (Å²) in [6.07, 6.45) is 1.76. The van der Waals surface area contributed by atoms with Gasteiger partial charge in [0.25, 0.3) is 0 Å². The highest BCUT2D eigenvalue weighted by Gasteiger charge is 2.07. The maximum atomic E-state index is 4.06. The molecule has 1 atom stereocenters. The van der Waals surface area contributed by atoms with Gasteiger partial charge in [-0.05, 0) is 38.6 Å². The fourth-order valence-corrected chi connectivity index (χ4v) is 1.70. The van der Waals surface area contributed by atoms with Crippen molar-refractivity contribution in [3.8, 4) is 0 Å². The molecule has 1 unspecified atom stereocenters. The molecule has 1 N–H and O–H groups in total. The molecule has 1 aromatic rings. The van der Waals surface area contributed by atoms with Crippen LogP contribution in [0.15, 0.2) is 12.3 Å². The van der Waals surface area contributed by atoms with E-state index in [1.165, 1.54) is 0 Å². The first kappa shape index (κ1) is 12.9. The van der Waals surface area contributed by atoms with Crippen LogP contribution in [0.1, 0.15) is 26.3 Å². The van der Waals surface area contributed by atoms with E-state index < -0.39 is 0 Å². The number of likely N-dealkylation sites (N-methyl/N-ethyl adjacent to an activating group) is 1. The van der Waals surface area contributed by atoms with Crippen LogP contribution in [-0.4, -0.2) is 40.8 Å². The van der Waals surface area contributed by atoms with Crippen LogP contribution in [0.2, 0.25) is 0 Å². The standard InChI is InChI=1S/C12H22N4/c1-5-16(6-2)9-11(4)14-12-7-10(3)8-13-15-12/h7-8,11H,5-6,9H2,1-4H3,(H,14,15). The third-order valence-corrected chi connectivity index (χ3v) is 2.61. The minimum Gasteiger partial charge on any atom is -0.365 e. The summed E-state index contributed by atoms with van der Waals surface area (Å²) < 4.78 is 0. The minimum absolute atomic E-state index is 0.385. The van der Waals surface area contributed by atoms with Gasteiger partial charge >= 0.3 is 0 Å². The van der Waals surface area contributed by atoms with Crippen LogP contribution in [0.3, 0.4) is 0 Å². The summed E-state index contributed by atoms with van der Waals surface area (Å²) in [4.78, 5) is 2.39. The zero-order chi connectivity index (χ0) is 12.0. The molecule has 1 aromatic heterocycles. The van der Waals surface area contributed by atoms with Crippen LogP contribution in [0.5, 0.6) is 0 Å². The second-order valence-corrected chi connectivity index (χ2v) is 4.15. The van der Waals surface area contributed by atoms with Crippen molar-refractivity contribution in [2.75, 3.05) is 25.0 Å². The van der Waals surface area contributed by atoms with E-state index in [2.05, 4.69) is 41.2 Å². The van der Waals surface area contributed by atoms with Crippen LogP contribution in [0.4, 0.5) is 5.82 Å². The predicted molar refractivity (Wildman–Crippen MR) is 67.6 cm³/mol. The van der Waals surface area contributed by atoms with E-state index in [0.29, 0.717) is 6.04 Å². The van der Waals surface area contributed by atoms with Gasteiger partial charge in [0.1, 0.15) is 5.82 Å². The van der Waals surface area contributed by atoms with Gasteiger partial charge in [-0.25, -0.2) is 0 Å². The van der Waals surface area contributed by atoms with Gasteiger partial charge in [0.15, 0.2) is 0 Å². The molecule has 0 saturated carbocycles. The Bertz CT molecular complexity index is 310. The molecule has 0 aromatic carbocycles. The zero-order valence-corrected chi connectivity index (χ0v) is 10.7. The summed E-state index contributed by atoms with van der Waals surface area (Å²) in [7, 11) is 0. The lowest BCUT2D eigenvalue weighted by molar-refractivity contribution is 0.294. The summed E-state index contributed by atoms with van der Waals surface area (Å²) >= 11 is 0. The molecule has 4 heteroatoms. The summed E-state index contributed by atoms with van der Waals surface area (Å²) in [5.41, 5.74) is 1.13. The van der Waals surface area contributed by atoms with Gasteiger partial charge < -0.3 is 10.2 Å². The average Bonchev–Trinajstić information content (AvgIpc) is 2.26. The monoisotopic (exact) mass is 222 g/mol. The van der Waals surface area contributed by atoms with Crippen LogP contribution >= 0.6 is 0 Å². The molecule has 90 valence electrons. The molecule has 0 amide bonds. The van der Waals surface area contributed by atoms with E-state index in [0.717, 1.165) is 31.0 Å². The number of aromatic nitrogens is 2. The molecular weight excluding hydrogens is 200 g/mol.